The van der Waals surface area contributed by atoms with E-state index >= 15 is 0 Å². The van der Waals surface area contributed by atoms with Gasteiger partial charge in [-0.3, -0.25) is 0 Å². The first-order valence-corrected chi connectivity index (χ1v) is 7.51. The lowest BCUT2D eigenvalue weighted by molar-refractivity contribution is 0.170. The van der Waals surface area contributed by atoms with Gasteiger partial charge in [-0.05, 0) is 31.0 Å². The van der Waals surface area contributed by atoms with Gasteiger partial charge in [-0.15, -0.1) is 0 Å². The highest BCUT2D eigenvalue weighted by atomic mass is 127. The van der Waals surface area contributed by atoms with Gasteiger partial charge in [0.15, 0.2) is 0 Å². The average Bonchev–Trinajstić information content (AvgIpc) is 2.41. The molecule has 1 aromatic carbocycles. The molecule has 0 bridgehead atoms. The molecule has 5 heteroatoms. The third kappa shape index (κ3) is 1.66. The van der Waals surface area contributed by atoms with Crippen LogP contribution in [0, 0.1) is 0 Å². The number of hydrogen-bond acceptors (Lipinski definition) is 3. The third-order valence-electron chi connectivity index (χ3n) is 3.73. The lowest BCUT2D eigenvalue weighted by Crippen LogP contribution is -2.45. The van der Waals surface area contributed by atoms with Crippen LogP contribution in [-0.2, 0) is 0 Å². The Labute approximate surface area is 123 Å². The van der Waals surface area contributed by atoms with Crippen molar-refractivity contribution in [1.29, 1.82) is 0 Å². The molecule has 1 aliphatic carbocycles. The van der Waals surface area contributed by atoms with Crippen molar-refractivity contribution in [3.8, 4) is 5.75 Å². The molecule has 0 amide bonds. The smallest absolute Gasteiger partial charge is 0.124 e. The SMILES string of the molecule is C[C@@H]1CC2c3c(cc(Br)cc3C(N)[C@]2(N)I)O1. The predicted octanol–water partition coefficient (Wildman–Crippen LogP) is 2.81. The monoisotopic (exact) mass is 408 g/mol. The molecule has 3 rings (SSSR count). The first kappa shape index (κ1) is 12.2. The zero-order valence-corrected chi connectivity index (χ0v) is 13.2. The first-order valence-electron chi connectivity index (χ1n) is 5.64. The van der Waals surface area contributed by atoms with Crippen molar-refractivity contribution in [3.05, 3.63) is 27.7 Å². The van der Waals surface area contributed by atoms with Crippen LogP contribution in [-0.4, -0.2) is 9.65 Å². The number of nitrogens with two attached hydrogens (primary N) is 2. The van der Waals surface area contributed by atoms with E-state index in [9.17, 15) is 0 Å². The molecule has 4 N–H and O–H groups in total. The minimum Gasteiger partial charge on any atom is -0.490 e. The maximum absolute atomic E-state index is 6.43. The van der Waals surface area contributed by atoms with Crippen molar-refractivity contribution in [2.24, 2.45) is 11.5 Å². The molecule has 0 radical (unpaired) electrons. The number of benzene rings is 1. The van der Waals surface area contributed by atoms with Crippen LogP contribution in [0.15, 0.2) is 16.6 Å². The van der Waals surface area contributed by atoms with Gasteiger partial charge in [-0.1, -0.05) is 38.5 Å². The topological polar surface area (TPSA) is 61.3 Å². The predicted molar refractivity (Wildman–Crippen MR) is 79.5 cm³/mol. The van der Waals surface area contributed by atoms with E-state index in [4.69, 9.17) is 16.2 Å². The van der Waals surface area contributed by atoms with Gasteiger partial charge in [-0.2, -0.15) is 0 Å². The van der Waals surface area contributed by atoms with Crippen molar-refractivity contribution in [2.45, 2.75) is 35.0 Å². The Bertz CT molecular complexity index is 492. The van der Waals surface area contributed by atoms with Gasteiger partial charge in [0, 0.05) is 16.0 Å². The molecular formula is C12H14BrIN2O. The molecule has 1 aromatic rings. The van der Waals surface area contributed by atoms with Crippen molar-refractivity contribution in [1.82, 2.24) is 0 Å². The maximum Gasteiger partial charge on any atom is 0.124 e. The zero-order valence-electron chi connectivity index (χ0n) is 9.41. The largest absolute Gasteiger partial charge is 0.490 e. The van der Waals surface area contributed by atoms with E-state index in [1.54, 1.807) is 0 Å². The Kier molecular flexibility index (Phi) is 2.74. The quantitative estimate of drug-likeness (QED) is 0.394. The fourth-order valence-electron chi connectivity index (χ4n) is 2.91. The summed E-state index contributed by atoms with van der Waals surface area (Å²) in [6.45, 7) is 2.08. The molecule has 2 aliphatic rings. The molecule has 17 heavy (non-hydrogen) atoms. The Morgan fingerprint density at radius 2 is 2.24 bits per heavy atom. The summed E-state index contributed by atoms with van der Waals surface area (Å²) >= 11 is 5.81. The van der Waals surface area contributed by atoms with E-state index < -0.39 is 3.55 Å². The summed E-state index contributed by atoms with van der Waals surface area (Å²) in [7, 11) is 0. The summed E-state index contributed by atoms with van der Waals surface area (Å²) in [6, 6.07) is 3.96. The number of halogens is 2. The molecule has 1 aliphatic heterocycles. The Hall–Kier alpha value is 0.150. The van der Waals surface area contributed by atoms with Crippen LogP contribution in [0.1, 0.15) is 36.4 Å². The summed E-state index contributed by atoms with van der Waals surface area (Å²) in [5.74, 6) is 1.23. The van der Waals surface area contributed by atoms with Crippen LogP contribution in [0.25, 0.3) is 0 Å². The normalized spacial score (nSPS) is 38.8. The van der Waals surface area contributed by atoms with Crippen LogP contribution < -0.4 is 16.2 Å². The molecule has 0 saturated carbocycles. The van der Waals surface area contributed by atoms with Gasteiger partial charge in [0.05, 0.1) is 15.7 Å². The number of alkyl halides is 1. The standard InChI is InChI=1S/C12H14BrIN2O/c1-5-2-8-10-7(11(15)12(8,14)16)3-6(13)4-9(10)17-5/h3-5,8,11H,2,15-16H2,1H3/t5-,8?,11?,12+/m1/s1. The van der Waals surface area contributed by atoms with Crippen molar-refractivity contribution in [3.63, 3.8) is 0 Å². The highest BCUT2D eigenvalue weighted by molar-refractivity contribution is 14.1. The molecular weight excluding hydrogens is 395 g/mol. The Morgan fingerprint density at radius 1 is 1.53 bits per heavy atom. The number of rotatable bonds is 0. The molecule has 92 valence electrons. The maximum atomic E-state index is 6.43. The summed E-state index contributed by atoms with van der Waals surface area (Å²) in [6.07, 6.45) is 1.13. The molecule has 2 unspecified atom stereocenters. The van der Waals surface area contributed by atoms with Gasteiger partial charge in [0.25, 0.3) is 0 Å². The molecule has 0 spiro atoms. The fourth-order valence-corrected chi connectivity index (χ4v) is 4.27. The Balaban J connectivity index is 2.25. The van der Waals surface area contributed by atoms with E-state index in [1.807, 2.05) is 6.07 Å². The minimum atomic E-state index is -0.409. The molecule has 0 aromatic heterocycles. The van der Waals surface area contributed by atoms with Crippen LogP contribution in [0.2, 0.25) is 0 Å². The highest BCUT2D eigenvalue weighted by Gasteiger charge is 2.51. The van der Waals surface area contributed by atoms with E-state index in [2.05, 4.69) is 51.5 Å². The van der Waals surface area contributed by atoms with E-state index in [0.29, 0.717) is 5.92 Å². The summed E-state index contributed by atoms with van der Waals surface area (Å²) < 4.78 is 6.50. The lowest BCUT2D eigenvalue weighted by atomic mass is 9.89. The van der Waals surface area contributed by atoms with Crippen molar-refractivity contribution >= 4 is 38.5 Å². The third-order valence-corrected chi connectivity index (χ3v) is 5.61. The lowest BCUT2D eigenvalue weighted by Gasteiger charge is -2.34. The van der Waals surface area contributed by atoms with Gasteiger partial charge >= 0.3 is 0 Å². The highest BCUT2D eigenvalue weighted by Crippen LogP contribution is 2.57. The van der Waals surface area contributed by atoms with E-state index in [-0.39, 0.29) is 12.1 Å². The zero-order chi connectivity index (χ0) is 12.4. The second kappa shape index (κ2) is 3.82. The molecule has 0 saturated heterocycles. The molecule has 0 fully saturated rings. The first-order chi connectivity index (χ1) is 7.91. The molecule has 4 atom stereocenters. The van der Waals surface area contributed by atoms with Gasteiger partial charge < -0.3 is 16.2 Å². The van der Waals surface area contributed by atoms with Crippen molar-refractivity contribution < 1.29 is 4.74 Å². The van der Waals surface area contributed by atoms with Crippen LogP contribution in [0.5, 0.6) is 5.75 Å². The molecule has 1 heterocycles. The molecule has 3 nitrogen and oxygen atoms in total. The minimum absolute atomic E-state index is 0.131. The van der Waals surface area contributed by atoms with Crippen LogP contribution >= 0.6 is 38.5 Å². The Morgan fingerprint density at radius 3 is 2.94 bits per heavy atom. The average molecular weight is 409 g/mol. The number of hydrogen-bond donors (Lipinski definition) is 2. The van der Waals surface area contributed by atoms with Gasteiger partial charge in [0.2, 0.25) is 0 Å². The van der Waals surface area contributed by atoms with Crippen LogP contribution in [0.3, 0.4) is 0 Å². The summed E-state index contributed by atoms with van der Waals surface area (Å²) in [5, 5.41) is 0. The summed E-state index contributed by atoms with van der Waals surface area (Å²) in [4.78, 5) is 0. The fraction of sp³-hybridized carbons (Fsp3) is 0.500. The van der Waals surface area contributed by atoms with E-state index in [0.717, 1.165) is 22.2 Å². The van der Waals surface area contributed by atoms with Gasteiger partial charge in [0.1, 0.15) is 5.75 Å². The second-order valence-corrected chi connectivity index (χ2v) is 7.71. The number of ether oxygens (including phenoxy) is 1. The summed E-state index contributed by atoms with van der Waals surface area (Å²) in [5.41, 5.74) is 15.1. The van der Waals surface area contributed by atoms with Crippen molar-refractivity contribution in [2.75, 3.05) is 0 Å². The van der Waals surface area contributed by atoms with E-state index in [1.165, 1.54) is 5.56 Å². The van der Waals surface area contributed by atoms with Gasteiger partial charge in [-0.25, -0.2) is 0 Å². The second-order valence-electron chi connectivity index (χ2n) is 4.93. The van der Waals surface area contributed by atoms with Crippen LogP contribution in [0.4, 0.5) is 0 Å².